The molecule has 1 aromatic carbocycles. The number of piperidine rings is 1. The second kappa shape index (κ2) is 8.19. The van der Waals surface area contributed by atoms with Gasteiger partial charge in [0.2, 0.25) is 5.91 Å². The number of carbonyl (C=O) groups excluding carboxylic acids is 1. The number of ether oxygens (including phenoxy) is 1. The molecule has 1 aromatic rings. The molecule has 0 atom stereocenters. The fraction of sp³-hybridized carbons (Fsp3) is 0.562. The van der Waals surface area contributed by atoms with Crippen molar-refractivity contribution in [3.63, 3.8) is 0 Å². The Morgan fingerprint density at radius 3 is 2.65 bits per heavy atom. The van der Waals surface area contributed by atoms with Crippen molar-refractivity contribution in [1.29, 1.82) is 0 Å². The van der Waals surface area contributed by atoms with Crippen molar-refractivity contribution in [3.8, 4) is 5.75 Å². The van der Waals surface area contributed by atoms with Crippen LogP contribution >= 0.6 is 0 Å². The molecule has 1 fully saturated rings. The Morgan fingerprint density at radius 1 is 1.26 bits per heavy atom. The smallest absolute Gasteiger partial charge is 0.405 e. The molecule has 2 N–H and O–H groups in total. The second-order valence-electron chi connectivity index (χ2n) is 5.66. The first-order valence-corrected chi connectivity index (χ1v) is 7.75. The first-order valence-electron chi connectivity index (χ1n) is 7.75. The maximum absolute atomic E-state index is 12.3. The number of para-hydroxylation sites is 1. The van der Waals surface area contributed by atoms with Gasteiger partial charge in [-0.3, -0.25) is 4.79 Å². The van der Waals surface area contributed by atoms with Crippen molar-refractivity contribution in [2.24, 2.45) is 5.92 Å². The van der Waals surface area contributed by atoms with Crippen LogP contribution in [-0.2, 0) is 11.3 Å². The highest BCUT2D eigenvalue weighted by Gasteiger charge is 2.31. The zero-order valence-corrected chi connectivity index (χ0v) is 12.8. The lowest BCUT2D eigenvalue weighted by molar-refractivity contribution is -0.274. The highest BCUT2D eigenvalue weighted by molar-refractivity contribution is 5.75. The Bertz CT molecular complexity index is 514. The number of hydrogen-bond donors (Lipinski definition) is 2. The quantitative estimate of drug-likeness (QED) is 0.843. The topological polar surface area (TPSA) is 50.4 Å². The van der Waals surface area contributed by atoms with Crippen LogP contribution in [0.4, 0.5) is 13.2 Å². The van der Waals surface area contributed by atoms with E-state index in [-0.39, 0.29) is 18.2 Å². The van der Waals surface area contributed by atoms with Crippen LogP contribution in [0.5, 0.6) is 5.75 Å². The van der Waals surface area contributed by atoms with E-state index in [0.29, 0.717) is 17.9 Å². The van der Waals surface area contributed by atoms with Gasteiger partial charge >= 0.3 is 6.36 Å². The van der Waals surface area contributed by atoms with Gasteiger partial charge in [-0.25, -0.2) is 0 Å². The van der Waals surface area contributed by atoms with Crippen LogP contribution in [0.1, 0.15) is 31.2 Å². The molecule has 0 bridgehead atoms. The van der Waals surface area contributed by atoms with Gasteiger partial charge in [-0.15, -0.1) is 13.2 Å². The third-order valence-corrected chi connectivity index (χ3v) is 3.91. The average molecular weight is 330 g/mol. The van der Waals surface area contributed by atoms with Crippen LogP contribution < -0.4 is 15.4 Å². The van der Waals surface area contributed by atoms with E-state index in [4.69, 9.17) is 0 Å². The van der Waals surface area contributed by atoms with Gasteiger partial charge in [0.05, 0.1) is 0 Å². The summed E-state index contributed by atoms with van der Waals surface area (Å²) in [6, 6.07) is 5.82. The highest BCUT2D eigenvalue weighted by Crippen LogP contribution is 2.26. The number of hydrogen-bond acceptors (Lipinski definition) is 3. The van der Waals surface area contributed by atoms with Crippen molar-refractivity contribution in [2.45, 2.75) is 38.6 Å². The number of amides is 1. The first-order chi connectivity index (χ1) is 10.9. The van der Waals surface area contributed by atoms with E-state index < -0.39 is 6.36 Å². The molecule has 0 saturated carbocycles. The van der Waals surface area contributed by atoms with Crippen LogP contribution in [0.15, 0.2) is 24.3 Å². The van der Waals surface area contributed by atoms with Gasteiger partial charge in [-0.1, -0.05) is 18.2 Å². The molecule has 0 spiro atoms. The van der Waals surface area contributed by atoms with Gasteiger partial charge in [-0.2, -0.15) is 0 Å². The van der Waals surface area contributed by atoms with E-state index in [1.807, 2.05) is 0 Å². The average Bonchev–Trinajstić information content (AvgIpc) is 2.51. The molecule has 128 valence electrons. The van der Waals surface area contributed by atoms with Gasteiger partial charge in [-0.05, 0) is 44.3 Å². The molecule has 1 saturated heterocycles. The zero-order valence-electron chi connectivity index (χ0n) is 12.8. The van der Waals surface area contributed by atoms with Crippen molar-refractivity contribution >= 4 is 5.91 Å². The number of rotatable bonds is 6. The maximum atomic E-state index is 12.3. The van der Waals surface area contributed by atoms with Gasteiger partial charge in [0.1, 0.15) is 5.75 Å². The standard InChI is InChI=1S/C16H21F3N2O2/c17-16(18,19)23-14-4-2-1-3-13(14)11-21-15(22)6-5-12-7-9-20-10-8-12/h1-4,12,20H,5-11H2,(H,21,22). The number of nitrogens with one attached hydrogen (secondary N) is 2. The summed E-state index contributed by atoms with van der Waals surface area (Å²) in [5.41, 5.74) is 0.306. The van der Waals surface area contributed by atoms with E-state index in [1.165, 1.54) is 18.2 Å². The Kier molecular flexibility index (Phi) is 6.27. The zero-order chi connectivity index (χ0) is 16.7. The Morgan fingerprint density at radius 2 is 1.96 bits per heavy atom. The Hall–Kier alpha value is -1.76. The lowest BCUT2D eigenvalue weighted by atomic mass is 9.93. The molecular formula is C16H21F3N2O2. The van der Waals surface area contributed by atoms with Crippen molar-refractivity contribution in [1.82, 2.24) is 10.6 Å². The van der Waals surface area contributed by atoms with Crippen LogP contribution in [0.25, 0.3) is 0 Å². The minimum atomic E-state index is -4.74. The summed E-state index contributed by atoms with van der Waals surface area (Å²) in [5, 5.41) is 5.93. The van der Waals surface area contributed by atoms with Crippen LogP contribution in [0.3, 0.4) is 0 Å². The molecule has 2 rings (SSSR count). The summed E-state index contributed by atoms with van der Waals surface area (Å²) in [6.07, 6.45) is -1.40. The normalized spacial score (nSPS) is 16.1. The van der Waals surface area contributed by atoms with E-state index in [2.05, 4.69) is 15.4 Å². The van der Waals surface area contributed by atoms with Crippen molar-refractivity contribution < 1.29 is 22.7 Å². The summed E-state index contributed by atoms with van der Waals surface area (Å²) in [5.74, 6) is 0.117. The second-order valence-corrected chi connectivity index (χ2v) is 5.66. The predicted octanol–water partition coefficient (Wildman–Crippen LogP) is 2.98. The van der Waals surface area contributed by atoms with E-state index >= 15 is 0 Å². The van der Waals surface area contributed by atoms with Gasteiger partial charge in [0.25, 0.3) is 0 Å². The fourth-order valence-electron chi connectivity index (χ4n) is 2.66. The summed E-state index contributed by atoms with van der Waals surface area (Å²) in [7, 11) is 0. The molecule has 0 unspecified atom stereocenters. The minimum absolute atomic E-state index is 0.0251. The number of benzene rings is 1. The minimum Gasteiger partial charge on any atom is -0.405 e. The third kappa shape index (κ3) is 6.48. The molecule has 1 amide bonds. The van der Waals surface area contributed by atoms with Crippen LogP contribution in [-0.4, -0.2) is 25.4 Å². The van der Waals surface area contributed by atoms with Crippen LogP contribution in [0, 0.1) is 5.92 Å². The summed E-state index contributed by atoms with van der Waals surface area (Å²) in [4.78, 5) is 11.9. The van der Waals surface area contributed by atoms with E-state index in [1.54, 1.807) is 6.07 Å². The molecule has 1 aliphatic heterocycles. The van der Waals surface area contributed by atoms with Crippen molar-refractivity contribution in [2.75, 3.05) is 13.1 Å². The number of alkyl halides is 3. The van der Waals surface area contributed by atoms with Gasteiger partial charge in [0, 0.05) is 18.5 Å². The molecule has 7 heteroatoms. The summed E-state index contributed by atoms with van der Waals surface area (Å²) >= 11 is 0. The molecule has 0 aliphatic carbocycles. The van der Waals surface area contributed by atoms with Gasteiger partial charge in [0.15, 0.2) is 0 Å². The molecule has 1 aliphatic rings. The Labute approximate surface area is 133 Å². The molecule has 4 nitrogen and oxygen atoms in total. The first kappa shape index (κ1) is 17.6. The number of halogens is 3. The van der Waals surface area contributed by atoms with E-state index in [9.17, 15) is 18.0 Å². The molecule has 0 radical (unpaired) electrons. The lowest BCUT2D eigenvalue weighted by Crippen LogP contribution is -2.29. The summed E-state index contributed by atoms with van der Waals surface area (Å²) in [6.45, 7) is 1.99. The highest BCUT2D eigenvalue weighted by atomic mass is 19.4. The monoisotopic (exact) mass is 330 g/mol. The van der Waals surface area contributed by atoms with Gasteiger partial charge < -0.3 is 15.4 Å². The summed E-state index contributed by atoms with van der Waals surface area (Å²) < 4.78 is 41.0. The molecule has 1 heterocycles. The van der Waals surface area contributed by atoms with Crippen LogP contribution in [0.2, 0.25) is 0 Å². The SMILES string of the molecule is O=C(CCC1CCNCC1)NCc1ccccc1OC(F)(F)F. The fourth-order valence-corrected chi connectivity index (χ4v) is 2.66. The van der Waals surface area contributed by atoms with Crippen molar-refractivity contribution in [3.05, 3.63) is 29.8 Å². The number of carbonyl (C=O) groups is 1. The Balaban J connectivity index is 1.79. The largest absolute Gasteiger partial charge is 0.573 e. The lowest BCUT2D eigenvalue weighted by Gasteiger charge is -2.22. The molecule has 23 heavy (non-hydrogen) atoms. The maximum Gasteiger partial charge on any atom is 0.573 e. The molecular weight excluding hydrogens is 309 g/mol. The van der Waals surface area contributed by atoms with E-state index in [0.717, 1.165) is 32.4 Å². The molecule has 0 aromatic heterocycles. The predicted molar refractivity (Wildman–Crippen MR) is 79.8 cm³/mol. The third-order valence-electron chi connectivity index (χ3n) is 3.91.